The molecule has 2 N–H and O–H groups in total. The molecule has 4 nitrogen and oxygen atoms in total. The molecule has 28 heavy (non-hydrogen) atoms. The van der Waals surface area contributed by atoms with Gasteiger partial charge in [0.1, 0.15) is 0 Å². The predicted molar refractivity (Wildman–Crippen MR) is 108 cm³/mol. The normalized spacial score (nSPS) is 46.2. The SMILES string of the molecule is C[C@H](CCC(=O)O)[C@H]1CCC2C3CCC4=CC(=O)CC[C@]4(C)C3(O)CC[C@@]21C. The molecule has 0 saturated heterocycles. The predicted octanol–water partition coefficient (Wildman–Crippen LogP) is 4.75. The molecule has 0 heterocycles. The molecule has 0 aromatic rings. The average molecular weight is 389 g/mol. The van der Waals surface area contributed by atoms with Crippen LogP contribution in [0, 0.1) is 34.5 Å². The number of ketones is 1. The van der Waals surface area contributed by atoms with E-state index >= 15 is 0 Å². The maximum atomic E-state index is 12.1. The van der Waals surface area contributed by atoms with Crippen LogP contribution in [0.1, 0.15) is 85.0 Å². The van der Waals surface area contributed by atoms with E-state index < -0.39 is 11.6 Å². The zero-order valence-electron chi connectivity index (χ0n) is 17.7. The van der Waals surface area contributed by atoms with Crippen molar-refractivity contribution in [1.29, 1.82) is 0 Å². The van der Waals surface area contributed by atoms with Gasteiger partial charge in [0.25, 0.3) is 0 Å². The van der Waals surface area contributed by atoms with E-state index in [0.717, 1.165) is 51.4 Å². The van der Waals surface area contributed by atoms with Gasteiger partial charge in [-0.05, 0) is 86.5 Å². The van der Waals surface area contributed by atoms with Crippen LogP contribution in [-0.4, -0.2) is 27.6 Å². The van der Waals surface area contributed by atoms with Gasteiger partial charge in [0.05, 0.1) is 5.60 Å². The third-order valence-corrected chi connectivity index (χ3v) is 9.72. The molecule has 7 atom stereocenters. The number of fused-ring (bicyclic) bond motifs is 5. The minimum Gasteiger partial charge on any atom is -0.481 e. The fourth-order valence-electron chi connectivity index (χ4n) is 8.03. The van der Waals surface area contributed by atoms with Crippen molar-refractivity contribution in [2.24, 2.45) is 34.5 Å². The first-order valence-electron chi connectivity index (χ1n) is 11.3. The molecule has 0 aromatic heterocycles. The number of carbonyl (C=O) groups excluding carboxylic acids is 1. The molecule has 0 aliphatic heterocycles. The summed E-state index contributed by atoms with van der Waals surface area (Å²) in [6.07, 6.45) is 10.3. The van der Waals surface area contributed by atoms with Crippen molar-refractivity contribution in [1.82, 2.24) is 0 Å². The molecule has 3 fully saturated rings. The molecule has 0 amide bonds. The molecule has 156 valence electrons. The number of carboxylic acids is 1. The summed E-state index contributed by atoms with van der Waals surface area (Å²) in [5.41, 5.74) is 0.450. The maximum Gasteiger partial charge on any atom is 0.303 e. The minimum atomic E-state index is -0.698. The average Bonchev–Trinajstić information content (AvgIpc) is 2.98. The van der Waals surface area contributed by atoms with Crippen molar-refractivity contribution in [3.8, 4) is 0 Å². The van der Waals surface area contributed by atoms with Crippen LogP contribution in [0.4, 0.5) is 0 Å². The zero-order valence-corrected chi connectivity index (χ0v) is 17.7. The van der Waals surface area contributed by atoms with Gasteiger partial charge in [0.2, 0.25) is 0 Å². The highest BCUT2D eigenvalue weighted by Gasteiger charge is 2.65. The summed E-state index contributed by atoms with van der Waals surface area (Å²) in [7, 11) is 0. The fraction of sp³-hybridized carbons (Fsp3) is 0.833. The summed E-state index contributed by atoms with van der Waals surface area (Å²) in [6, 6.07) is 0. The molecular weight excluding hydrogens is 352 g/mol. The van der Waals surface area contributed by atoms with Gasteiger partial charge in [-0.2, -0.15) is 0 Å². The van der Waals surface area contributed by atoms with Crippen LogP contribution in [0.25, 0.3) is 0 Å². The van der Waals surface area contributed by atoms with Gasteiger partial charge in [-0.3, -0.25) is 9.59 Å². The third-order valence-electron chi connectivity index (χ3n) is 9.72. The van der Waals surface area contributed by atoms with E-state index in [1.165, 1.54) is 5.57 Å². The topological polar surface area (TPSA) is 74.6 Å². The lowest BCUT2D eigenvalue weighted by molar-refractivity contribution is -0.193. The number of carbonyl (C=O) groups is 2. The van der Waals surface area contributed by atoms with Crippen LogP contribution in [0.2, 0.25) is 0 Å². The van der Waals surface area contributed by atoms with Crippen molar-refractivity contribution in [2.75, 3.05) is 0 Å². The minimum absolute atomic E-state index is 0.205. The molecule has 4 heteroatoms. The lowest BCUT2D eigenvalue weighted by atomic mass is 9.44. The largest absolute Gasteiger partial charge is 0.481 e. The van der Waals surface area contributed by atoms with E-state index in [4.69, 9.17) is 5.11 Å². The zero-order chi connectivity index (χ0) is 20.3. The molecule has 4 aliphatic carbocycles. The van der Waals surface area contributed by atoms with Gasteiger partial charge in [0.15, 0.2) is 5.78 Å². The van der Waals surface area contributed by atoms with Gasteiger partial charge >= 0.3 is 5.97 Å². The Bertz CT molecular complexity index is 711. The second-order valence-electron chi connectivity index (χ2n) is 10.7. The summed E-state index contributed by atoms with van der Waals surface area (Å²) in [5.74, 6) is 1.32. The van der Waals surface area contributed by atoms with Crippen molar-refractivity contribution >= 4 is 11.8 Å². The molecule has 0 spiro atoms. The lowest BCUT2D eigenvalue weighted by Crippen LogP contribution is -2.63. The molecular formula is C24H36O4. The van der Waals surface area contributed by atoms with Gasteiger partial charge < -0.3 is 10.2 Å². The Morgan fingerprint density at radius 1 is 1.14 bits per heavy atom. The summed E-state index contributed by atoms with van der Waals surface area (Å²) in [4.78, 5) is 23.0. The van der Waals surface area contributed by atoms with E-state index in [-0.39, 0.29) is 23.0 Å². The fourth-order valence-corrected chi connectivity index (χ4v) is 8.03. The summed E-state index contributed by atoms with van der Waals surface area (Å²) < 4.78 is 0. The van der Waals surface area contributed by atoms with E-state index in [2.05, 4.69) is 20.8 Å². The first kappa shape index (κ1) is 20.1. The Balaban J connectivity index is 1.60. The van der Waals surface area contributed by atoms with Crippen LogP contribution in [0.3, 0.4) is 0 Å². The van der Waals surface area contributed by atoms with Crippen molar-refractivity contribution < 1.29 is 19.8 Å². The summed E-state index contributed by atoms with van der Waals surface area (Å²) >= 11 is 0. The second-order valence-corrected chi connectivity index (χ2v) is 10.7. The maximum absolute atomic E-state index is 12.1. The first-order chi connectivity index (χ1) is 13.1. The van der Waals surface area contributed by atoms with Gasteiger partial charge in [-0.1, -0.05) is 26.3 Å². The van der Waals surface area contributed by atoms with Crippen molar-refractivity contribution in [3.63, 3.8) is 0 Å². The first-order valence-corrected chi connectivity index (χ1v) is 11.3. The van der Waals surface area contributed by atoms with Crippen LogP contribution in [0.15, 0.2) is 11.6 Å². The number of carboxylic acid groups (broad SMARTS) is 1. The Labute approximate surface area is 168 Å². The van der Waals surface area contributed by atoms with Crippen molar-refractivity contribution in [2.45, 2.75) is 90.6 Å². The van der Waals surface area contributed by atoms with E-state index in [1.54, 1.807) is 0 Å². The Hall–Kier alpha value is -1.16. The monoisotopic (exact) mass is 388 g/mol. The standard InChI is InChI=1S/C24H36O4/c1-15(4-9-21(26)27)18-7-8-19-20-6-5-16-14-17(25)10-11-23(16,3)24(20,28)13-12-22(18,19)2/h14-15,18-20,28H,4-13H2,1-3H3,(H,26,27)/t15-,18-,19?,20?,22-,23+,24?/m1/s1. The Morgan fingerprint density at radius 2 is 1.89 bits per heavy atom. The Morgan fingerprint density at radius 3 is 2.61 bits per heavy atom. The van der Waals surface area contributed by atoms with Crippen molar-refractivity contribution in [3.05, 3.63) is 11.6 Å². The van der Waals surface area contributed by atoms with Crippen LogP contribution in [-0.2, 0) is 9.59 Å². The molecule has 4 rings (SSSR count). The molecule has 4 aliphatic rings. The summed E-state index contributed by atoms with van der Waals surface area (Å²) in [5, 5.41) is 21.1. The number of aliphatic carboxylic acids is 1. The quantitative estimate of drug-likeness (QED) is 0.729. The van der Waals surface area contributed by atoms with E-state index in [0.29, 0.717) is 30.1 Å². The lowest BCUT2D eigenvalue weighted by Gasteiger charge is -2.63. The number of rotatable bonds is 4. The molecule has 0 aromatic carbocycles. The number of hydrogen-bond acceptors (Lipinski definition) is 3. The van der Waals surface area contributed by atoms with E-state index in [9.17, 15) is 14.7 Å². The van der Waals surface area contributed by atoms with E-state index in [1.807, 2.05) is 6.08 Å². The number of aliphatic hydroxyl groups is 1. The number of hydrogen-bond donors (Lipinski definition) is 2. The van der Waals surface area contributed by atoms with Crippen LogP contribution >= 0.6 is 0 Å². The third kappa shape index (κ3) is 2.74. The molecule has 3 unspecified atom stereocenters. The van der Waals surface area contributed by atoms with Crippen LogP contribution < -0.4 is 0 Å². The highest BCUT2D eigenvalue weighted by atomic mass is 16.4. The highest BCUT2D eigenvalue weighted by molar-refractivity contribution is 5.91. The van der Waals surface area contributed by atoms with Gasteiger partial charge in [-0.25, -0.2) is 0 Å². The smallest absolute Gasteiger partial charge is 0.303 e. The molecule has 3 saturated carbocycles. The van der Waals surface area contributed by atoms with Gasteiger partial charge in [0, 0.05) is 18.3 Å². The van der Waals surface area contributed by atoms with Gasteiger partial charge in [-0.15, -0.1) is 0 Å². The Kier molecular flexibility index (Phi) is 4.80. The summed E-state index contributed by atoms with van der Waals surface area (Å²) in [6.45, 7) is 6.87. The second kappa shape index (κ2) is 6.68. The molecule has 0 radical (unpaired) electrons. The van der Waals surface area contributed by atoms with Crippen LogP contribution in [0.5, 0.6) is 0 Å². The molecule has 0 bridgehead atoms. The highest BCUT2D eigenvalue weighted by Crippen LogP contribution is 2.69.